The fourth-order valence-corrected chi connectivity index (χ4v) is 3.06. The second kappa shape index (κ2) is 11.4. The largest absolute Gasteiger partial charge is 0.484 e. The Morgan fingerprint density at radius 1 is 1.03 bits per heavy atom. The molecular weight excluding hydrogens is 376 g/mol. The summed E-state index contributed by atoms with van der Waals surface area (Å²) in [5.41, 5.74) is 3.31. The molecule has 0 spiro atoms. The van der Waals surface area contributed by atoms with Crippen LogP contribution >= 0.6 is 0 Å². The van der Waals surface area contributed by atoms with Gasteiger partial charge in [0.1, 0.15) is 11.8 Å². The molecule has 0 saturated carbocycles. The van der Waals surface area contributed by atoms with Crippen molar-refractivity contribution in [3.8, 4) is 5.75 Å². The lowest BCUT2D eigenvalue weighted by Crippen LogP contribution is -2.49. The number of carbonyl (C=O) groups excluding carboxylic acids is 2. The first-order valence-corrected chi connectivity index (χ1v) is 10.6. The van der Waals surface area contributed by atoms with Gasteiger partial charge in [-0.2, -0.15) is 0 Å². The fourth-order valence-electron chi connectivity index (χ4n) is 3.06. The van der Waals surface area contributed by atoms with Gasteiger partial charge in [-0.25, -0.2) is 0 Å². The number of nitrogens with zero attached hydrogens (tertiary/aromatic N) is 1. The third-order valence-corrected chi connectivity index (χ3v) is 5.15. The summed E-state index contributed by atoms with van der Waals surface area (Å²) in [6.45, 7) is 10.8. The van der Waals surface area contributed by atoms with Gasteiger partial charge in [0.2, 0.25) is 5.91 Å². The van der Waals surface area contributed by atoms with E-state index in [-0.39, 0.29) is 18.4 Å². The van der Waals surface area contributed by atoms with Gasteiger partial charge >= 0.3 is 0 Å². The minimum Gasteiger partial charge on any atom is -0.484 e. The van der Waals surface area contributed by atoms with E-state index in [4.69, 9.17) is 4.74 Å². The van der Waals surface area contributed by atoms with Crippen molar-refractivity contribution >= 4 is 11.8 Å². The average Bonchev–Trinajstić information content (AvgIpc) is 2.75. The van der Waals surface area contributed by atoms with Crippen molar-refractivity contribution in [3.63, 3.8) is 0 Å². The number of benzene rings is 2. The van der Waals surface area contributed by atoms with Crippen LogP contribution in [0.4, 0.5) is 0 Å². The first-order chi connectivity index (χ1) is 14.3. The standard InChI is InChI=1S/C25H34N2O3/c1-6-21-11-13-23(14-12-21)30-17-24(28)27(16-22-10-8-7-9-19(22)4)20(5)25(29)26-15-18(2)3/h7-14,18,20H,6,15-17H2,1-5H3,(H,26,29)/t20-/m0/s1. The van der Waals surface area contributed by atoms with E-state index in [1.165, 1.54) is 5.56 Å². The molecule has 0 bridgehead atoms. The van der Waals surface area contributed by atoms with Gasteiger partial charge in [-0.05, 0) is 55.0 Å². The summed E-state index contributed by atoms with van der Waals surface area (Å²) < 4.78 is 5.72. The van der Waals surface area contributed by atoms with Gasteiger partial charge in [-0.15, -0.1) is 0 Å². The van der Waals surface area contributed by atoms with E-state index in [0.29, 0.717) is 24.8 Å². The average molecular weight is 411 g/mol. The molecule has 0 aliphatic carbocycles. The molecule has 0 radical (unpaired) electrons. The van der Waals surface area contributed by atoms with Gasteiger partial charge in [-0.3, -0.25) is 9.59 Å². The molecule has 1 atom stereocenters. The first kappa shape index (κ1) is 23.5. The Balaban J connectivity index is 2.12. The predicted octanol–water partition coefficient (Wildman–Crippen LogP) is 4.13. The monoisotopic (exact) mass is 410 g/mol. The molecule has 0 unspecified atom stereocenters. The Bertz CT molecular complexity index is 831. The number of rotatable bonds is 10. The Labute approximate surface area is 180 Å². The lowest BCUT2D eigenvalue weighted by atomic mass is 10.1. The SMILES string of the molecule is CCc1ccc(OCC(=O)N(Cc2ccccc2C)[C@@H](C)C(=O)NCC(C)C)cc1. The molecule has 0 aliphatic rings. The van der Waals surface area contributed by atoms with E-state index in [9.17, 15) is 9.59 Å². The molecule has 0 saturated heterocycles. The fraction of sp³-hybridized carbons (Fsp3) is 0.440. The van der Waals surface area contributed by atoms with Gasteiger partial charge in [0, 0.05) is 13.1 Å². The number of ether oxygens (including phenoxy) is 1. The highest BCUT2D eigenvalue weighted by molar-refractivity contribution is 5.88. The zero-order valence-corrected chi connectivity index (χ0v) is 18.8. The second-order valence-corrected chi connectivity index (χ2v) is 8.05. The van der Waals surface area contributed by atoms with E-state index in [1.54, 1.807) is 11.8 Å². The van der Waals surface area contributed by atoms with Crippen LogP contribution < -0.4 is 10.1 Å². The number of carbonyl (C=O) groups is 2. The lowest BCUT2D eigenvalue weighted by molar-refractivity contribution is -0.142. The van der Waals surface area contributed by atoms with Crippen molar-refractivity contribution in [2.24, 2.45) is 5.92 Å². The predicted molar refractivity (Wildman–Crippen MR) is 120 cm³/mol. The van der Waals surface area contributed by atoms with Crippen LogP contribution in [0.2, 0.25) is 0 Å². The Morgan fingerprint density at radius 2 is 1.70 bits per heavy atom. The molecular formula is C25H34N2O3. The maximum Gasteiger partial charge on any atom is 0.261 e. The molecule has 162 valence electrons. The van der Waals surface area contributed by atoms with E-state index < -0.39 is 6.04 Å². The maximum atomic E-state index is 13.1. The topological polar surface area (TPSA) is 58.6 Å². The quantitative estimate of drug-likeness (QED) is 0.641. The molecule has 2 amide bonds. The van der Waals surface area contributed by atoms with Crippen LogP contribution in [0, 0.1) is 12.8 Å². The minimum absolute atomic E-state index is 0.112. The summed E-state index contributed by atoms with van der Waals surface area (Å²) in [6.07, 6.45) is 0.951. The number of amides is 2. The molecule has 5 heteroatoms. The second-order valence-electron chi connectivity index (χ2n) is 8.05. The number of hydrogen-bond acceptors (Lipinski definition) is 3. The van der Waals surface area contributed by atoms with Crippen LogP contribution in [0.5, 0.6) is 5.75 Å². The van der Waals surface area contributed by atoms with E-state index in [2.05, 4.69) is 12.2 Å². The molecule has 5 nitrogen and oxygen atoms in total. The van der Waals surface area contributed by atoms with E-state index in [1.807, 2.05) is 69.3 Å². The molecule has 2 aromatic rings. The molecule has 2 aromatic carbocycles. The Morgan fingerprint density at radius 3 is 2.30 bits per heavy atom. The normalized spacial score (nSPS) is 11.8. The molecule has 30 heavy (non-hydrogen) atoms. The molecule has 0 aliphatic heterocycles. The van der Waals surface area contributed by atoms with Crippen molar-refractivity contribution < 1.29 is 14.3 Å². The third-order valence-electron chi connectivity index (χ3n) is 5.15. The minimum atomic E-state index is -0.595. The highest BCUT2D eigenvalue weighted by Gasteiger charge is 2.26. The smallest absolute Gasteiger partial charge is 0.261 e. The van der Waals surface area contributed by atoms with Crippen molar-refractivity contribution in [2.45, 2.75) is 53.6 Å². The maximum absolute atomic E-state index is 13.1. The zero-order valence-electron chi connectivity index (χ0n) is 18.8. The van der Waals surface area contributed by atoms with Crippen molar-refractivity contribution in [2.75, 3.05) is 13.2 Å². The van der Waals surface area contributed by atoms with Crippen LogP contribution in [-0.2, 0) is 22.6 Å². The number of nitrogens with one attached hydrogen (secondary N) is 1. The highest BCUT2D eigenvalue weighted by Crippen LogP contribution is 2.16. The summed E-state index contributed by atoms with van der Waals surface area (Å²) in [5, 5.41) is 2.93. The van der Waals surface area contributed by atoms with Gasteiger partial charge in [0.05, 0.1) is 0 Å². The summed E-state index contributed by atoms with van der Waals surface area (Å²) in [7, 11) is 0. The summed E-state index contributed by atoms with van der Waals surface area (Å²) in [6, 6.07) is 15.0. The number of hydrogen-bond donors (Lipinski definition) is 1. The van der Waals surface area contributed by atoms with Crippen molar-refractivity contribution in [3.05, 3.63) is 65.2 Å². The first-order valence-electron chi connectivity index (χ1n) is 10.6. The molecule has 0 fully saturated rings. The molecule has 1 N–H and O–H groups in total. The molecule has 0 heterocycles. The highest BCUT2D eigenvalue weighted by atomic mass is 16.5. The summed E-state index contributed by atoms with van der Waals surface area (Å²) in [5.74, 6) is 0.618. The molecule has 2 rings (SSSR count). The van der Waals surface area contributed by atoms with Gasteiger partial charge in [0.25, 0.3) is 5.91 Å². The molecule has 0 aromatic heterocycles. The van der Waals surface area contributed by atoms with Gasteiger partial charge in [0.15, 0.2) is 6.61 Å². The van der Waals surface area contributed by atoms with Gasteiger partial charge in [-0.1, -0.05) is 57.2 Å². The Hall–Kier alpha value is -2.82. The zero-order chi connectivity index (χ0) is 22.1. The lowest BCUT2D eigenvalue weighted by Gasteiger charge is -2.29. The van der Waals surface area contributed by atoms with E-state index >= 15 is 0 Å². The summed E-state index contributed by atoms with van der Waals surface area (Å²) >= 11 is 0. The Kier molecular flexibility index (Phi) is 8.90. The van der Waals surface area contributed by atoms with Crippen LogP contribution in [0.3, 0.4) is 0 Å². The van der Waals surface area contributed by atoms with Crippen molar-refractivity contribution in [1.29, 1.82) is 0 Å². The van der Waals surface area contributed by atoms with Crippen LogP contribution in [0.15, 0.2) is 48.5 Å². The van der Waals surface area contributed by atoms with Crippen LogP contribution in [-0.4, -0.2) is 35.9 Å². The number of aryl methyl sites for hydroxylation is 2. The van der Waals surface area contributed by atoms with Crippen molar-refractivity contribution in [1.82, 2.24) is 10.2 Å². The third kappa shape index (κ3) is 6.90. The van der Waals surface area contributed by atoms with E-state index in [0.717, 1.165) is 17.5 Å². The van der Waals surface area contributed by atoms with Crippen LogP contribution in [0.1, 0.15) is 44.4 Å². The van der Waals surface area contributed by atoms with Gasteiger partial charge < -0.3 is 15.0 Å². The summed E-state index contributed by atoms with van der Waals surface area (Å²) in [4.78, 5) is 27.3. The van der Waals surface area contributed by atoms with Crippen LogP contribution in [0.25, 0.3) is 0 Å².